The van der Waals surface area contributed by atoms with Crippen molar-refractivity contribution in [2.75, 3.05) is 7.05 Å². The Labute approximate surface area is 115 Å². The minimum Gasteiger partial charge on any atom is -0.358 e. The van der Waals surface area contributed by atoms with Gasteiger partial charge in [-0.1, -0.05) is 31.9 Å². The highest BCUT2D eigenvalue weighted by Crippen LogP contribution is 2.07. The third-order valence-electron chi connectivity index (χ3n) is 2.94. The number of terminal acetylenes is 1. The zero-order valence-electron chi connectivity index (χ0n) is 11.9. The van der Waals surface area contributed by atoms with Crippen LogP contribution in [0.4, 0.5) is 0 Å². The molecule has 1 amide bonds. The average molecular weight is 258 g/mol. The van der Waals surface area contributed by atoms with Crippen molar-refractivity contribution in [3.63, 3.8) is 0 Å². The van der Waals surface area contributed by atoms with Gasteiger partial charge >= 0.3 is 0 Å². The molecule has 19 heavy (non-hydrogen) atoms. The van der Waals surface area contributed by atoms with Gasteiger partial charge in [-0.25, -0.2) is 0 Å². The molecule has 0 aliphatic heterocycles. The fourth-order valence-corrected chi connectivity index (χ4v) is 1.89. The van der Waals surface area contributed by atoms with E-state index in [4.69, 9.17) is 6.42 Å². The predicted octanol–water partition coefficient (Wildman–Crippen LogP) is 1.92. The molecule has 0 aliphatic rings. The maximum absolute atomic E-state index is 11.8. The van der Waals surface area contributed by atoms with Crippen LogP contribution in [0.2, 0.25) is 0 Å². The lowest BCUT2D eigenvalue weighted by Crippen LogP contribution is -2.43. The Balaban J connectivity index is 2.59. The highest BCUT2D eigenvalue weighted by Gasteiger charge is 2.17. The van der Waals surface area contributed by atoms with Crippen molar-refractivity contribution in [1.82, 2.24) is 10.6 Å². The number of amides is 1. The van der Waals surface area contributed by atoms with E-state index in [1.54, 1.807) is 7.05 Å². The largest absolute Gasteiger partial charge is 0.358 e. The topological polar surface area (TPSA) is 41.1 Å². The highest BCUT2D eigenvalue weighted by molar-refractivity contribution is 5.81. The fraction of sp³-hybridized carbons (Fsp3) is 0.438. The summed E-state index contributed by atoms with van der Waals surface area (Å²) >= 11 is 0. The Morgan fingerprint density at radius 3 is 2.42 bits per heavy atom. The van der Waals surface area contributed by atoms with E-state index in [-0.39, 0.29) is 11.9 Å². The summed E-state index contributed by atoms with van der Waals surface area (Å²) in [5.74, 6) is 3.09. The van der Waals surface area contributed by atoms with Crippen LogP contribution in [-0.4, -0.2) is 19.0 Å². The summed E-state index contributed by atoms with van der Waals surface area (Å²) in [7, 11) is 1.67. The van der Waals surface area contributed by atoms with Crippen LogP contribution in [0.15, 0.2) is 24.3 Å². The SMILES string of the molecule is C#Cc1ccc(CN[C@@H](CC(C)C)C(=O)NC)cc1. The van der Waals surface area contributed by atoms with E-state index in [1.165, 1.54) is 0 Å². The second-order valence-electron chi connectivity index (χ2n) is 5.02. The van der Waals surface area contributed by atoms with Crippen molar-refractivity contribution in [2.45, 2.75) is 32.9 Å². The van der Waals surface area contributed by atoms with Crippen LogP contribution in [0.3, 0.4) is 0 Å². The maximum atomic E-state index is 11.8. The van der Waals surface area contributed by atoms with Gasteiger partial charge in [0.2, 0.25) is 5.91 Å². The molecule has 0 aromatic heterocycles. The minimum atomic E-state index is -0.155. The molecule has 3 nitrogen and oxygen atoms in total. The van der Waals surface area contributed by atoms with E-state index in [9.17, 15) is 4.79 Å². The van der Waals surface area contributed by atoms with Crippen molar-refractivity contribution >= 4 is 5.91 Å². The first-order valence-electron chi connectivity index (χ1n) is 6.57. The van der Waals surface area contributed by atoms with Crippen LogP contribution < -0.4 is 10.6 Å². The van der Waals surface area contributed by atoms with Gasteiger partial charge in [-0.3, -0.25) is 4.79 Å². The van der Waals surface area contributed by atoms with E-state index in [2.05, 4.69) is 30.4 Å². The van der Waals surface area contributed by atoms with Crippen LogP contribution in [0.5, 0.6) is 0 Å². The number of carbonyl (C=O) groups excluding carboxylic acids is 1. The Morgan fingerprint density at radius 1 is 1.32 bits per heavy atom. The first-order chi connectivity index (χ1) is 9.06. The van der Waals surface area contributed by atoms with Crippen LogP contribution in [0.1, 0.15) is 31.4 Å². The highest BCUT2D eigenvalue weighted by atomic mass is 16.2. The molecule has 1 rings (SSSR count). The molecule has 1 aromatic carbocycles. The smallest absolute Gasteiger partial charge is 0.236 e. The molecule has 0 saturated carbocycles. The maximum Gasteiger partial charge on any atom is 0.236 e. The molecule has 0 saturated heterocycles. The van der Waals surface area contributed by atoms with E-state index >= 15 is 0 Å². The zero-order chi connectivity index (χ0) is 14.3. The summed E-state index contributed by atoms with van der Waals surface area (Å²) in [5, 5.41) is 5.99. The fourth-order valence-electron chi connectivity index (χ4n) is 1.89. The van der Waals surface area contributed by atoms with E-state index in [1.807, 2.05) is 24.3 Å². The molecule has 0 radical (unpaired) electrons. The summed E-state index contributed by atoms with van der Waals surface area (Å²) < 4.78 is 0. The van der Waals surface area contributed by atoms with Gasteiger partial charge in [0.1, 0.15) is 0 Å². The second kappa shape index (κ2) is 7.60. The third-order valence-corrected chi connectivity index (χ3v) is 2.94. The number of benzene rings is 1. The molecule has 0 unspecified atom stereocenters. The molecule has 0 heterocycles. The van der Waals surface area contributed by atoms with Gasteiger partial charge in [0, 0.05) is 19.2 Å². The van der Waals surface area contributed by atoms with Crippen LogP contribution in [0.25, 0.3) is 0 Å². The van der Waals surface area contributed by atoms with Crippen molar-refractivity contribution in [3.05, 3.63) is 35.4 Å². The van der Waals surface area contributed by atoms with Gasteiger partial charge in [0.15, 0.2) is 0 Å². The van der Waals surface area contributed by atoms with Crippen molar-refractivity contribution < 1.29 is 4.79 Å². The molecule has 0 bridgehead atoms. The molecule has 1 atom stereocenters. The Morgan fingerprint density at radius 2 is 1.95 bits per heavy atom. The lowest BCUT2D eigenvalue weighted by Gasteiger charge is -2.19. The minimum absolute atomic E-state index is 0.0361. The lowest BCUT2D eigenvalue weighted by molar-refractivity contribution is -0.123. The number of nitrogens with one attached hydrogen (secondary N) is 2. The summed E-state index contributed by atoms with van der Waals surface area (Å²) in [6.45, 7) is 4.88. The average Bonchev–Trinajstić information content (AvgIpc) is 2.42. The van der Waals surface area contributed by atoms with Gasteiger partial charge in [-0.15, -0.1) is 6.42 Å². The van der Waals surface area contributed by atoms with Gasteiger partial charge in [-0.2, -0.15) is 0 Å². The number of rotatable bonds is 6. The molecule has 102 valence electrons. The summed E-state index contributed by atoms with van der Waals surface area (Å²) in [4.78, 5) is 11.8. The Bertz CT molecular complexity index is 443. The monoisotopic (exact) mass is 258 g/mol. The van der Waals surface area contributed by atoms with E-state index in [0.29, 0.717) is 12.5 Å². The molecule has 0 fully saturated rings. The molecular weight excluding hydrogens is 236 g/mol. The molecule has 3 heteroatoms. The molecular formula is C16H22N2O. The van der Waals surface area contributed by atoms with Gasteiger partial charge < -0.3 is 10.6 Å². The van der Waals surface area contributed by atoms with Gasteiger partial charge in [0.25, 0.3) is 0 Å². The molecule has 0 aliphatic carbocycles. The van der Waals surface area contributed by atoms with Gasteiger partial charge in [-0.05, 0) is 30.0 Å². The standard InChI is InChI=1S/C16H22N2O/c1-5-13-6-8-14(9-7-13)11-18-15(10-12(2)3)16(19)17-4/h1,6-9,12,15,18H,10-11H2,2-4H3,(H,17,19)/t15-/m0/s1. The van der Waals surface area contributed by atoms with E-state index in [0.717, 1.165) is 17.5 Å². The molecule has 0 spiro atoms. The third kappa shape index (κ3) is 5.15. The number of hydrogen-bond acceptors (Lipinski definition) is 2. The van der Waals surface area contributed by atoms with Crippen molar-refractivity contribution in [2.24, 2.45) is 5.92 Å². The number of hydrogen-bond donors (Lipinski definition) is 2. The summed E-state index contributed by atoms with van der Waals surface area (Å²) in [6, 6.07) is 7.64. The quantitative estimate of drug-likeness (QED) is 0.765. The first kappa shape index (κ1) is 15.3. The predicted molar refractivity (Wildman–Crippen MR) is 78.5 cm³/mol. The molecule has 2 N–H and O–H groups in total. The van der Waals surface area contributed by atoms with Crippen molar-refractivity contribution in [3.8, 4) is 12.3 Å². The van der Waals surface area contributed by atoms with Gasteiger partial charge in [0.05, 0.1) is 6.04 Å². The lowest BCUT2D eigenvalue weighted by atomic mass is 10.0. The Kier molecular flexibility index (Phi) is 6.11. The van der Waals surface area contributed by atoms with E-state index < -0.39 is 0 Å². The van der Waals surface area contributed by atoms with Crippen molar-refractivity contribution in [1.29, 1.82) is 0 Å². The Hall–Kier alpha value is -1.79. The summed E-state index contributed by atoms with van der Waals surface area (Å²) in [6.07, 6.45) is 6.14. The first-order valence-corrected chi connectivity index (χ1v) is 6.57. The van der Waals surface area contributed by atoms with Crippen LogP contribution in [0, 0.1) is 18.3 Å². The summed E-state index contributed by atoms with van der Waals surface area (Å²) in [5.41, 5.74) is 1.99. The second-order valence-corrected chi connectivity index (χ2v) is 5.02. The van der Waals surface area contributed by atoms with Crippen LogP contribution >= 0.6 is 0 Å². The van der Waals surface area contributed by atoms with Crippen LogP contribution in [-0.2, 0) is 11.3 Å². The normalized spacial score (nSPS) is 11.9. The molecule has 1 aromatic rings. The number of likely N-dealkylation sites (N-methyl/N-ethyl adjacent to an activating group) is 1. The zero-order valence-corrected chi connectivity index (χ0v) is 11.9. The number of carbonyl (C=O) groups is 1.